The van der Waals surface area contributed by atoms with Crippen LogP contribution in [0, 0.1) is 21.4 Å². The van der Waals surface area contributed by atoms with E-state index in [9.17, 15) is 20.2 Å². The molecule has 2 N–H and O–H groups in total. The summed E-state index contributed by atoms with van der Waals surface area (Å²) in [6.07, 6.45) is 0. The summed E-state index contributed by atoms with van der Waals surface area (Å²) >= 11 is 3.32. The van der Waals surface area contributed by atoms with E-state index in [0.717, 1.165) is 0 Å². The summed E-state index contributed by atoms with van der Waals surface area (Å²) in [5.74, 6) is -0.849. The van der Waals surface area contributed by atoms with Crippen molar-refractivity contribution < 1.29 is 19.2 Å². The van der Waals surface area contributed by atoms with Crippen LogP contribution in [0.3, 0.4) is 0 Å². The van der Waals surface area contributed by atoms with Crippen LogP contribution in [-0.4, -0.2) is 10.9 Å². The van der Waals surface area contributed by atoms with Crippen molar-refractivity contribution in [3.8, 4) is 17.6 Å². The van der Waals surface area contributed by atoms with Gasteiger partial charge in [0.25, 0.3) is 5.69 Å². The average molecular weight is 492 g/mol. The van der Waals surface area contributed by atoms with Crippen molar-refractivity contribution in [1.29, 1.82) is 5.26 Å². The Hall–Kier alpha value is -4.16. The average Bonchev–Trinajstić information content (AvgIpc) is 2.78. The smallest absolute Gasteiger partial charge is 0.344 e. The van der Waals surface area contributed by atoms with Gasteiger partial charge in [-0.3, -0.25) is 10.1 Å². The first-order chi connectivity index (χ1) is 15.4. The van der Waals surface area contributed by atoms with Crippen molar-refractivity contribution in [1.82, 2.24) is 0 Å². The topological polar surface area (TPSA) is 128 Å². The van der Waals surface area contributed by atoms with Crippen molar-refractivity contribution in [3.63, 3.8) is 0 Å². The number of halogens is 1. The number of ether oxygens (including phenoxy) is 2. The summed E-state index contributed by atoms with van der Waals surface area (Å²) in [4.78, 5) is 23.2. The Morgan fingerprint density at radius 1 is 1.16 bits per heavy atom. The van der Waals surface area contributed by atoms with Crippen molar-refractivity contribution in [2.24, 2.45) is 5.73 Å². The van der Waals surface area contributed by atoms with Crippen LogP contribution in [0.4, 0.5) is 5.69 Å². The molecule has 3 aromatic carbocycles. The third-order valence-corrected chi connectivity index (χ3v) is 5.60. The molecule has 32 heavy (non-hydrogen) atoms. The van der Waals surface area contributed by atoms with E-state index in [1.165, 1.54) is 18.2 Å². The van der Waals surface area contributed by atoms with Crippen LogP contribution >= 0.6 is 15.9 Å². The first-order valence-electron chi connectivity index (χ1n) is 9.31. The molecule has 0 amide bonds. The van der Waals surface area contributed by atoms with Gasteiger partial charge in [0.05, 0.1) is 16.4 Å². The van der Waals surface area contributed by atoms with Gasteiger partial charge in [-0.25, -0.2) is 4.79 Å². The molecule has 0 spiro atoms. The minimum absolute atomic E-state index is 0.106. The van der Waals surface area contributed by atoms with Crippen LogP contribution in [0.25, 0.3) is 0 Å². The van der Waals surface area contributed by atoms with Gasteiger partial charge in [-0.15, -0.1) is 0 Å². The molecule has 8 nitrogen and oxygen atoms in total. The molecule has 1 aliphatic rings. The lowest BCUT2D eigenvalue weighted by atomic mass is 9.83. The highest BCUT2D eigenvalue weighted by Crippen LogP contribution is 2.44. The fraction of sp³-hybridized carbons (Fsp3) is 0.0435. The van der Waals surface area contributed by atoms with Gasteiger partial charge in [0.15, 0.2) is 0 Å². The van der Waals surface area contributed by atoms with Crippen LogP contribution in [0.15, 0.2) is 82.7 Å². The predicted octanol–water partition coefficient (Wildman–Crippen LogP) is 4.79. The quantitative estimate of drug-likeness (QED) is 0.240. The number of nitro benzene ring substituents is 1. The highest BCUT2D eigenvalue weighted by atomic mass is 79.9. The Labute approximate surface area is 190 Å². The zero-order chi connectivity index (χ0) is 22.8. The largest absolute Gasteiger partial charge is 0.440 e. The molecular formula is C23H14BrN3O5. The highest BCUT2D eigenvalue weighted by molar-refractivity contribution is 9.10. The third-order valence-electron chi connectivity index (χ3n) is 4.91. The van der Waals surface area contributed by atoms with Crippen LogP contribution < -0.4 is 15.2 Å². The molecule has 0 saturated heterocycles. The molecule has 1 atom stereocenters. The van der Waals surface area contributed by atoms with E-state index in [-0.39, 0.29) is 28.6 Å². The number of nitrogens with two attached hydrogens (primary N) is 1. The number of benzene rings is 3. The summed E-state index contributed by atoms with van der Waals surface area (Å²) in [6, 6.07) is 19.6. The number of rotatable bonds is 4. The number of nitro groups is 1. The number of fused-ring (bicyclic) bond motifs is 1. The zero-order valence-corrected chi connectivity index (χ0v) is 17.9. The highest BCUT2D eigenvalue weighted by Gasteiger charge is 2.32. The fourth-order valence-corrected chi connectivity index (χ4v) is 3.90. The molecule has 0 fully saturated rings. The third kappa shape index (κ3) is 3.91. The maximum absolute atomic E-state index is 12.5. The van der Waals surface area contributed by atoms with Crippen LogP contribution in [0.1, 0.15) is 27.4 Å². The van der Waals surface area contributed by atoms with Gasteiger partial charge in [-0.05, 0) is 39.7 Å². The van der Waals surface area contributed by atoms with Gasteiger partial charge in [0.1, 0.15) is 23.1 Å². The number of nitriles is 1. The van der Waals surface area contributed by atoms with Crippen molar-refractivity contribution >= 4 is 27.6 Å². The maximum Gasteiger partial charge on any atom is 0.344 e. The Balaban J connectivity index is 1.73. The predicted molar refractivity (Wildman–Crippen MR) is 118 cm³/mol. The summed E-state index contributed by atoms with van der Waals surface area (Å²) in [7, 11) is 0. The second kappa shape index (κ2) is 8.53. The van der Waals surface area contributed by atoms with Gasteiger partial charge >= 0.3 is 5.97 Å². The molecule has 0 radical (unpaired) electrons. The summed E-state index contributed by atoms with van der Waals surface area (Å²) in [5.41, 5.74) is 7.44. The van der Waals surface area contributed by atoms with Gasteiger partial charge in [-0.1, -0.05) is 30.3 Å². The summed E-state index contributed by atoms with van der Waals surface area (Å²) in [5, 5.41) is 20.9. The molecule has 1 aliphatic heterocycles. The van der Waals surface area contributed by atoms with E-state index >= 15 is 0 Å². The molecule has 0 aromatic heterocycles. The molecule has 4 rings (SSSR count). The van der Waals surface area contributed by atoms with Crippen LogP contribution in [-0.2, 0) is 0 Å². The van der Waals surface area contributed by atoms with Gasteiger partial charge in [-0.2, -0.15) is 5.26 Å². The Bertz CT molecular complexity index is 1330. The molecular weight excluding hydrogens is 478 g/mol. The maximum atomic E-state index is 12.5. The second-order valence-corrected chi connectivity index (χ2v) is 7.70. The lowest BCUT2D eigenvalue weighted by Crippen LogP contribution is -2.21. The molecule has 1 heterocycles. The van der Waals surface area contributed by atoms with E-state index in [1.54, 1.807) is 48.5 Å². The number of esters is 1. The lowest BCUT2D eigenvalue weighted by molar-refractivity contribution is -0.384. The fourth-order valence-electron chi connectivity index (χ4n) is 3.45. The first kappa shape index (κ1) is 21.1. The molecule has 0 saturated carbocycles. The Morgan fingerprint density at radius 3 is 2.66 bits per heavy atom. The number of hydrogen-bond acceptors (Lipinski definition) is 7. The molecule has 3 aromatic rings. The van der Waals surface area contributed by atoms with E-state index in [0.29, 0.717) is 21.2 Å². The lowest BCUT2D eigenvalue weighted by Gasteiger charge is -2.26. The molecule has 158 valence electrons. The van der Waals surface area contributed by atoms with Gasteiger partial charge in [0.2, 0.25) is 5.88 Å². The molecule has 0 aliphatic carbocycles. The molecule has 1 unspecified atom stereocenters. The first-order valence-corrected chi connectivity index (χ1v) is 10.1. The number of carbonyl (C=O) groups is 1. The van der Waals surface area contributed by atoms with Gasteiger partial charge < -0.3 is 15.2 Å². The number of non-ortho nitro benzene ring substituents is 1. The minimum Gasteiger partial charge on any atom is -0.440 e. The van der Waals surface area contributed by atoms with E-state index in [4.69, 9.17) is 15.2 Å². The Morgan fingerprint density at radius 2 is 1.94 bits per heavy atom. The van der Waals surface area contributed by atoms with Crippen molar-refractivity contribution in [2.45, 2.75) is 5.92 Å². The van der Waals surface area contributed by atoms with E-state index in [2.05, 4.69) is 15.9 Å². The van der Waals surface area contributed by atoms with Crippen LogP contribution in [0.5, 0.6) is 11.5 Å². The summed E-state index contributed by atoms with van der Waals surface area (Å²) < 4.78 is 11.7. The number of carbonyl (C=O) groups excluding carboxylic acids is 1. The minimum atomic E-state index is -0.670. The van der Waals surface area contributed by atoms with Crippen LogP contribution in [0.2, 0.25) is 0 Å². The number of hydrogen-bond donors (Lipinski definition) is 1. The zero-order valence-electron chi connectivity index (χ0n) is 16.3. The monoisotopic (exact) mass is 491 g/mol. The molecule has 9 heteroatoms. The number of nitrogens with zero attached hydrogens (tertiary/aromatic N) is 2. The Kier molecular flexibility index (Phi) is 5.62. The SMILES string of the molecule is N#CC1=C(N)Oc2cc(OC(=O)c3ccccc3Br)ccc2C1c1cccc([N+](=O)[O-])c1. The second-order valence-electron chi connectivity index (χ2n) is 6.85. The van der Waals surface area contributed by atoms with Crippen molar-refractivity contribution in [2.75, 3.05) is 0 Å². The normalized spacial score (nSPS) is 14.7. The van der Waals surface area contributed by atoms with E-state index < -0.39 is 16.8 Å². The van der Waals surface area contributed by atoms with Gasteiger partial charge in [0, 0.05) is 28.2 Å². The molecule has 0 bridgehead atoms. The van der Waals surface area contributed by atoms with E-state index in [1.807, 2.05) is 6.07 Å². The summed E-state index contributed by atoms with van der Waals surface area (Å²) in [6.45, 7) is 0. The number of allylic oxidation sites excluding steroid dienone is 1. The van der Waals surface area contributed by atoms with Crippen molar-refractivity contribution in [3.05, 3.63) is 109 Å². The standard InChI is InChI=1S/C23H14BrN3O5/c24-19-7-2-1-6-16(19)23(28)31-15-8-9-17-20(11-15)32-22(26)18(12-25)21(17)13-4-3-5-14(10-13)27(29)30/h1-11,21H,26H2.